The number of hydrogen-bond donors (Lipinski definition) is 0. The van der Waals surface area contributed by atoms with Gasteiger partial charge in [-0.15, -0.1) is 0 Å². The van der Waals surface area contributed by atoms with Crippen LogP contribution in [0.5, 0.6) is 11.5 Å². The summed E-state index contributed by atoms with van der Waals surface area (Å²) in [4.78, 5) is 10.4. The number of benzene rings is 18. The van der Waals surface area contributed by atoms with Crippen molar-refractivity contribution in [2.45, 2.75) is 135 Å². The van der Waals surface area contributed by atoms with Crippen molar-refractivity contribution in [2.75, 3.05) is 14.2 Å². The molecule has 4 aliphatic rings. The van der Waals surface area contributed by atoms with Crippen LogP contribution in [0.1, 0.15) is 111 Å². The van der Waals surface area contributed by atoms with Crippen molar-refractivity contribution in [3.63, 3.8) is 0 Å². The molecule has 0 N–H and O–H groups in total. The molecule has 0 bridgehead atoms. The van der Waals surface area contributed by atoms with Crippen molar-refractivity contribution < 1.29 is 9.47 Å². The van der Waals surface area contributed by atoms with Gasteiger partial charge in [0.2, 0.25) is 0 Å². The predicted molar refractivity (Wildman–Crippen MR) is 657 cm³/mol. The minimum Gasteiger partial charge on any atom is -0.497 e. The van der Waals surface area contributed by atoms with Crippen LogP contribution in [0.15, 0.2) is 352 Å². The first-order valence-corrected chi connectivity index (χ1v) is 64.8. The highest BCUT2D eigenvalue weighted by molar-refractivity contribution is 7.03. The Morgan fingerprint density at radius 2 is 0.453 bits per heavy atom. The summed E-state index contributed by atoms with van der Waals surface area (Å²) in [7, 11) is -4.69. The Balaban J connectivity index is 0.000000118. The summed E-state index contributed by atoms with van der Waals surface area (Å²) >= 11 is 0. The molecule has 4 aliphatic heterocycles. The summed E-state index contributed by atoms with van der Waals surface area (Å²) in [5.41, 5.74) is 51.6. The minimum absolute atomic E-state index is 0.877. The minimum atomic E-state index is -2.22. The lowest BCUT2D eigenvalue weighted by Crippen LogP contribution is -2.54. The quantitative estimate of drug-likeness (QED) is 0.114. The van der Waals surface area contributed by atoms with Gasteiger partial charge >= 0.3 is 0 Å². The van der Waals surface area contributed by atoms with E-state index in [9.17, 15) is 0 Å². The van der Waals surface area contributed by atoms with Crippen LogP contribution in [0.25, 0.3) is 172 Å². The lowest BCUT2D eigenvalue weighted by molar-refractivity contribution is 0.415. The van der Waals surface area contributed by atoms with Crippen LogP contribution < -0.4 is 51.0 Å². The Bertz CT molecular complexity index is 8280. The number of aryl methyl sites for hydroxylation is 12. The fourth-order valence-electron chi connectivity index (χ4n) is 25.1. The molecule has 18 aromatic carbocycles. The number of imidazole rings is 2. The number of hydrogen-bond acceptors (Lipinski definition) is 4. The third kappa shape index (κ3) is 18.6. The van der Waals surface area contributed by atoms with Crippen LogP contribution in [0.3, 0.4) is 0 Å². The molecule has 20 aromatic rings. The Morgan fingerprint density at radius 3 is 0.753 bits per heavy atom. The van der Waals surface area contributed by atoms with Gasteiger partial charge in [-0.25, -0.2) is 9.97 Å². The molecular weight excluding hydrogens is 1880 g/mol. The fraction of sp³-hybridized carbons (Fsp3) is 0.157. The first-order chi connectivity index (χ1) is 72.2. The van der Waals surface area contributed by atoms with Crippen molar-refractivity contribution in [1.82, 2.24) is 19.1 Å². The Kier molecular flexibility index (Phi) is 27.0. The zero-order chi connectivity index (χ0) is 105. The largest absolute Gasteiger partial charge is 0.497 e. The maximum Gasteiger partial charge on any atom is 0.145 e. The molecule has 24 rings (SSSR count). The molecule has 0 unspecified atom stereocenters. The zero-order valence-electron chi connectivity index (χ0n) is 90.7. The van der Waals surface area contributed by atoms with Crippen molar-refractivity contribution >= 4 is 144 Å². The van der Waals surface area contributed by atoms with E-state index >= 15 is 0 Å². The van der Waals surface area contributed by atoms with Gasteiger partial charge in [-0.1, -0.05) is 402 Å². The summed E-state index contributed by atoms with van der Waals surface area (Å²) in [6, 6.07) is 129. The lowest BCUT2D eigenvalue weighted by atomic mass is 9.89. The molecule has 0 spiro atoms. The number of rotatable bonds is 12. The van der Waals surface area contributed by atoms with Crippen molar-refractivity contribution in [3.8, 4) is 112 Å². The highest BCUT2D eigenvalue weighted by Gasteiger charge is 2.39. The molecule has 6 heterocycles. The molecule has 150 heavy (non-hydrogen) atoms. The lowest BCUT2D eigenvalue weighted by Gasteiger charge is -2.28. The third-order valence-corrected chi connectivity index (χ3v) is 46.3. The van der Waals surface area contributed by atoms with E-state index < -0.39 is 32.3 Å². The molecule has 0 fully saturated rings. The SMILES string of the molecule is COc1ccc(-c2cccc3c2C=Cc2c(-c4ccc(OC)cc4)cccc2[Si]3(C)C)cc1.C[Si]1(C)c2cc(-c3nc4ccccc4n3-c3ccccc3)ccc2C=Cc2ccc(-c3nc4ccccc4n3-c3ccccc3)cc21.Cc1cc(C)c(-c2ccc3c(c2)[Si](C)(C)c2cc(-c4c(C)cc(C)cc4C)ccc2C=C3)c(C)c1.Cc1cc(C)c(-c2cccc3c2C=Cc2c(-c4c(C)cc(C)cc4C)cccc2[Si]3(C)C)c(C)c1. The Morgan fingerprint density at radius 1 is 0.207 bits per heavy atom. The average Bonchev–Trinajstić information content (AvgIpc) is 1.56. The fourth-order valence-corrected chi connectivity index (χ4v) is 37.5. The first kappa shape index (κ1) is 100. The normalized spacial score (nSPS) is 13.6. The van der Waals surface area contributed by atoms with E-state index in [4.69, 9.17) is 19.4 Å². The summed E-state index contributed by atoms with van der Waals surface area (Å²) in [5.74, 6) is 3.68. The molecule has 0 saturated carbocycles. The third-order valence-electron chi connectivity index (χ3n) is 32.0. The van der Waals surface area contributed by atoms with E-state index in [1.807, 2.05) is 24.3 Å². The van der Waals surface area contributed by atoms with Gasteiger partial charge in [0.1, 0.15) is 55.4 Å². The number of fused-ring (bicyclic) bond motifs is 10. The van der Waals surface area contributed by atoms with Crippen LogP contribution in [-0.2, 0) is 0 Å². The van der Waals surface area contributed by atoms with Gasteiger partial charge in [-0.2, -0.15) is 0 Å². The predicted octanol–water partition coefficient (Wildman–Crippen LogP) is 31.7. The van der Waals surface area contributed by atoms with Gasteiger partial charge in [0.05, 0.1) is 36.3 Å². The Hall–Kier alpha value is -15.7. The molecule has 0 radical (unpaired) electrons. The second-order valence-electron chi connectivity index (χ2n) is 43.9. The van der Waals surface area contributed by atoms with Crippen LogP contribution in [0.2, 0.25) is 52.4 Å². The number of aromatic nitrogens is 4. The van der Waals surface area contributed by atoms with Gasteiger partial charge in [0.25, 0.3) is 0 Å². The van der Waals surface area contributed by atoms with Crippen molar-refractivity contribution in [1.29, 1.82) is 0 Å². The number of para-hydroxylation sites is 6. The number of nitrogens with zero attached hydrogens (tertiary/aromatic N) is 4. The van der Waals surface area contributed by atoms with Crippen molar-refractivity contribution in [3.05, 3.63) is 463 Å². The molecule has 0 aliphatic carbocycles. The first-order valence-electron chi connectivity index (χ1n) is 52.8. The van der Waals surface area contributed by atoms with Crippen molar-refractivity contribution in [2.24, 2.45) is 0 Å². The highest BCUT2D eigenvalue weighted by atomic mass is 28.3. The van der Waals surface area contributed by atoms with Gasteiger partial charge in [0.15, 0.2) is 0 Å². The number of methoxy groups -OCH3 is 2. The second kappa shape index (κ2) is 40.4. The summed E-state index contributed by atoms with van der Waals surface area (Å²) in [5, 5.41) is 11.9. The summed E-state index contributed by atoms with van der Waals surface area (Å²) < 4.78 is 15.3. The van der Waals surface area contributed by atoms with E-state index in [0.29, 0.717) is 0 Å². The molecule has 10 heteroatoms. The van der Waals surface area contributed by atoms with Crippen LogP contribution >= 0.6 is 0 Å². The van der Waals surface area contributed by atoms with E-state index in [0.717, 1.165) is 67.7 Å². The van der Waals surface area contributed by atoms with Gasteiger partial charge in [-0.05, 0) is 353 Å². The van der Waals surface area contributed by atoms with E-state index in [2.05, 4.69) is 521 Å². The molecule has 0 atom stereocenters. The molecular formula is C140H132N4O2Si4. The van der Waals surface area contributed by atoms with E-state index in [1.54, 1.807) is 14.2 Å². The molecule has 0 saturated heterocycles. The standard InChI is InChI=1S/C42H32N4Si.2C34H36Si.C30H28O2Si/c1-47(2)39-27-31(41-43-35-17-9-11-19-37(35)45(41)33-13-5-3-6-14-33)25-23-29(39)21-22-30-24-26-32(28-40(30)47)42-44-36-18-10-12-20-38(36)46(42)34-15-7-4-8-16-34;1-21-17-23(3)33(24(4)18-21)29-11-9-13-31-27(29)15-16-28-30(12-10-14-32(28)35(31,7)8)34-25(5)19-22(2)20-26(34)6;1-21-15-23(3)33(24(4)16-21)29-13-11-27-9-10-28-12-14-30(20-32(28)35(7,8)31(27)19-29)34-25(5)17-22(2)18-26(34)6;1-31-23-15-11-21(12-16-23)25-7-5-9-29-27(25)19-20-28-26(8-6-10-30(28)33(29,3)4)22-13-17-24(32-2)18-14-22/h3-28H,1-2H3;2*9-20H,1-8H3;5-20H,1-4H3. The topological polar surface area (TPSA) is 54.1 Å². The van der Waals surface area contributed by atoms with E-state index in [-0.39, 0.29) is 0 Å². The maximum absolute atomic E-state index is 5.37. The number of ether oxygens (including phenoxy) is 2. The molecule has 6 nitrogen and oxygen atoms in total. The second-order valence-corrected chi connectivity index (χ2v) is 61.2. The average molecular weight is 2010 g/mol. The van der Waals surface area contributed by atoms with Gasteiger partial charge in [-0.3, -0.25) is 9.13 Å². The van der Waals surface area contributed by atoms with Crippen LogP contribution in [-0.4, -0.2) is 65.6 Å². The molecule has 2 aromatic heterocycles. The summed E-state index contributed by atoms with van der Waals surface area (Å²) in [6.07, 6.45) is 18.7. The molecule has 0 amide bonds. The summed E-state index contributed by atoms with van der Waals surface area (Å²) in [6.45, 7) is 46.8. The van der Waals surface area contributed by atoms with Crippen LogP contribution in [0.4, 0.5) is 0 Å². The molecule has 740 valence electrons. The monoisotopic (exact) mass is 2010 g/mol. The van der Waals surface area contributed by atoms with Gasteiger partial charge in [0, 0.05) is 22.5 Å². The van der Waals surface area contributed by atoms with Gasteiger partial charge < -0.3 is 9.47 Å². The smallest absolute Gasteiger partial charge is 0.145 e. The van der Waals surface area contributed by atoms with E-state index in [1.165, 1.54) is 220 Å². The van der Waals surface area contributed by atoms with Crippen LogP contribution in [0, 0.1) is 83.1 Å². The zero-order valence-corrected chi connectivity index (χ0v) is 94.7. The Labute approximate surface area is 891 Å². The highest BCUT2D eigenvalue weighted by Crippen LogP contribution is 2.43. The maximum atomic E-state index is 5.37.